The molecule has 1 rings (SSSR count). The third-order valence-electron chi connectivity index (χ3n) is 6.61. The lowest BCUT2D eigenvalue weighted by Gasteiger charge is -2.27. The number of aliphatic hydroxyl groups is 1. The number of rotatable bonds is 16. The van der Waals surface area contributed by atoms with E-state index in [9.17, 15) is 29.1 Å². The molecule has 0 saturated carbocycles. The van der Waals surface area contributed by atoms with Crippen LogP contribution < -0.4 is 27.0 Å². The highest BCUT2D eigenvalue weighted by molar-refractivity contribution is 5.91. The van der Waals surface area contributed by atoms with E-state index in [1.165, 1.54) is 21.0 Å². The van der Waals surface area contributed by atoms with Gasteiger partial charge >= 0.3 is 5.97 Å². The molecule has 0 radical (unpaired) electrons. The number of ether oxygens (including phenoxy) is 1. The molecule has 1 aromatic carbocycles. The van der Waals surface area contributed by atoms with E-state index in [1.54, 1.807) is 27.7 Å². The summed E-state index contributed by atoms with van der Waals surface area (Å²) in [5.74, 6) is -3.08. The summed E-state index contributed by atoms with van der Waals surface area (Å²) in [7, 11) is 1.24. The Labute approximate surface area is 242 Å². The normalized spacial score (nSPS) is 15.6. The minimum atomic E-state index is -1.11. The highest BCUT2D eigenvalue weighted by Gasteiger charge is 2.31. The molecule has 4 amide bonds. The number of amides is 4. The highest BCUT2D eigenvalue weighted by atomic mass is 16.5. The molecule has 0 fully saturated rings. The second-order valence-electron chi connectivity index (χ2n) is 11.0. The zero-order valence-electron chi connectivity index (χ0n) is 25.1. The minimum absolute atomic E-state index is 0.00655. The second-order valence-corrected chi connectivity index (χ2v) is 11.0. The van der Waals surface area contributed by atoms with E-state index in [-0.39, 0.29) is 31.1 Å². The van der Waals surface area contributed by atoms with Gasteiger partial charge in [-0.1, -0.05) is 58.0 Å². The Morgan fingerprint density at radius 2 is 1.39 bits per heavy atom. The van der Waals surface area contributed by atoms with E-state index >= 15 is 0 Å². The zero-order valence-corrected chi connectivity index (χ0v) is 25.1. The average molecular weight is 578 g/mol. The van der Waals surface area contributed by atoms with Crippen LogP contribution in [0.3, 0.4) is 0 Å². The number of esters is 1. The Morgan fingerprint density at radius 1 is 0.805 bits per heavy atom. The SMILES string of the molecule is COC(=O)[C@@H](NC(=O)[C@@H](NC(=O)CC[C@@H](O)[C@@H](Cc1ccccc1)NC(=O)[C@H](C)NC(=O)[C@H](C)N)C(C)C)C(C)C. The first-order valence-corrected chi connectivity index (χ1v) is 13.9. The maximum absolute atomic E-state index is 12.9. The first-order valence-electron chi connectivity index (χ1n) is 13.9. The highest BCUT2D eigenvalue weighted by Crippen LogP contribution is 2.12. The number of hydrogen-bond donors (Lipinski definition) is 6. The fourth-order valence-corrected chi connectivity index (χ4v) is 4.00. The van der Waals surface area contributed by atoms with Crippen LogP contribution in [0.2, 0.25) is 0 Å². The summed E-state index contributed by atoms with van der Waals surface area (Å²) in [5, 5.41) is 21.7. The van der Waals surface area contributed by atoms with Crippen LogP contribution in [0.15, 0.2) is 30.3 Å². The third kappa shape index (κ3) is 12.3. The van der Waals surface area contributed by atoms with Crippen LogP contribution in [0.25, 0.3) is 0 Å². The monoisotopic (exact) mass is 577 g/mol. The van der Waals surface area contributed by atoms with E-state index in [4.69, 9.17) is 10.5 Å². The van der Waals surface area contributed by atoms with Gasteiger partial charge in [0.2, 0.25) is 23.6 Å². The molecule has 41 heavy (non-hydrogen) atoms. The lowest BCUT2D eigenvalue weighted by Crippen LogP contribution is -2.55. The molecule has 0 bridgehead atoms. The number of benzene rings is 1. The number of carbonyl (C=O) groups excluding carboxylic acids is 5. The molecule has 0 aliphatic carbocycles. The molecule has 6 atom stereocenters. The van der Waals surface area contributed by atoms with Gasteiger partial charge in [-0.15, -0.1) is 0 Å². The molecule has 12 nitrogen and oxygen atoms in total. The van der Waals surface area contributed by atoms with E-state index in [0.29, 0.717) is 0 Å². The van der Waals surface area contributed by atoms with Crippen molar-refractivity contribution in [2.75, 3.05) is 7.11 Å². The Bertz CT molecular complexity index is 1020. The zero-order chi connectivity index (χ0) is 31.3. The number of nitrogens with two attached hydrogens (primary N) is 1. The molecular formula is C29H47N5O7. The number of aliphatic hydroxyl groups excluding tert-OH is 1. The standard InChI is InChI=1S/C29H47N5O7/c1-16(2)24(28(39)34-25(17(3)4)29(40)41-7)33-23(36)14-13-22(35)21(15-20-11-9-8-10-12-20)32-27(38)19(6)31-26(37)18(5)30/h8-12,16-19,21-22,24-25,35H,13-15,30H2,1-7H3,(H,31,37)(H,32,38)(H,33,36)(H,34,39)/t18-,19-,21+,22+,24-,25-/m0/s1. The molecule has 12 heteroatoms. The summed E-state index contributed by atoms with van der Waals surface area (Å²) in [4.78, 5) is 62.6. The van der Waals surface area contributed by atoms with Crippen LogP contribution in [0.1, 0.15) is 59.9 Å². The van der Waals surface area contributed by atoms with Gasteiger partial charge in [0.25, 0.3) is 0 Å². The van der Waals surface area contributed by atoms with Gasteiger partial charge in [0, 0.05) is 6.42 Å². The fraction of sp³-hybridized carbons (Fsp3) is 0.621. The van der Waals surface area contributed by atoms with E-state index < -0.39 is 65.9 Å². The summed E-state index contributed by atoms with van der Waals surface area (Å²) < 4.78 is 4.77. The number of carbonyl (C=O) groups is 5. The van der Waals surface area contributed by atoms with Gasteiger partial charge in [-0.05, 0) is 44.1 Å². The fourth-order valence-electron chi connectivity index (χ4n) is 4.00. The lowest BCUT2D eigenvalue weighted by atomic mass is 9.97. The summed E-state index contributed by atoms with van der Waals surface area (Å²) in [6, 6.07) is 4.99. The Balaban J connectivity index is 2.90. The summed E-state index contributed by atoms with van der Waals surface area (Å²) in [5.41, 5.74) is 6.42. The van der Waals surface area contributed by atoms with E-state index in [1.807, 2.05) is 30.3 Å². The van der Waals surface area contributed by atoms with Crippen LogP contribution >= 0.6 is 0 Å². The molecule has 0 aromatic heterocycles. The van der Waals surface area contributed by atoms with Crippen molar-refractivity contribution < 1.29 is 33.8 Å². The van der Waals surface area contributed by atoms with Crippen molar-refractivity contribution >= 4 is 29.6 Å². The van der Waals surface area contributed by atoms with Crippen LogP contribution in [0.5, 0.6) is 0 Å². The van der Waals surface area contributed by atoms with E-state index in [0.717, 1.165) is 5.56 Å². The van der Waals surface area contributed by atoms with Crippen LogP contribution in [0.4, 0.5) is 0 Å². The number of methoxy groups -OCH3 is 1. The summed E-state index contributed by atoms with van der Waals surface area (Å²) in [6.45, 7) is 10.1. The van der Waals surface area contributed by atoms with Crippen LogP contribution in [0, 0.1) is 11.8 Å². The largest absolute Gasteiger partial charge is 0.467 e. The topological polar surface area (TPSA) is 189 Å². The van der Waals surface area contributed by atoms with Crippen molar-refractivity contribution in [3.8, 4) is 0 Å². The second kappa shape index (κ2) is 17.3. The molecule has 0 saturated heterocycles. The molecule has 0 aliphatic heterocycles. The van der Waals surface area contributed by atoms with Gasteiger partial charge < -0.3 is 36.8 Å². The van der Waals surface area contributed by atoms with Gasteiger partial charge in [-0.3, -0.25) is 19.2 Å². The molecule has 0 heterocycles. The average Bonchev–Trinajstić information content (AvgIpc) is 2.92. The van der Waals surface area contributed by atoms with Gasteiger partial charge in [-0.25, -0.2) is 4.79 Å². The van der Waals surface area contributed by atoms with Crippen LogP contribution in [-0.2, 0) is 35.1 Å². The van der Waals surface area contributed by atoms with Crippen molar-refractivity contribution in [2.24, 2.45) is 17.6 Å². The van der Waals surface area contributed by atoms with Crippen molar-refractivity contribution in [3.05, 3.63) is 35.9 Å². The van der Waals surface area contributed by atoms with Crippen molar-refractivity contribution in [1.82, 2.24) is 21.3 Å². The molecule has 0 spiro atoms. The molecular weight excluding hydrogens is 530 g/mol. The predicted octanol–water partition coefficient (Wildman–Crippen LogP) is 0.162. The Hall–Kier alpha value is -3.51. The van der Waals surface area contributed by atoms with Gasteiger partial charge in [0.15, 0.2) is 0 Å². The van der Waals surface area contributed by atoms with Crippen molar-refractivity contribution in [1.29, 1.82) is 0 Å². The van der Waals surface area contributed by atoms with Gasteiger partial charge in [0.1, 0.15) is 18.1 Å². The maximum Gasteiger partial charge on any atom is 0.328 e. The van der Waals surface area contributed by atoms with Crippen molar-refractivity contribution in [3.63, 3.8) is 0 Å². The first kappa shape index (κ1) is 35.5. The lowest BCUT2D eigenvalue weighted by molar-refractivity contribution is -0.146. The summed E-state index contributed by atoms with van der Waals surface area (Å²) >= 11 is 0. The first-order chi connectivity index (χ1) is 19.2. The Kier molecular flexibility index (Phi) is 15.0. The minimum Gasteiger partial charge on any atom is -0.467 e. The third-order valence-corrected chi connectivity index (χ3v) is 6.61. The smallest absolute Gasteiger partial charge is 0.328 e. The maximum atomic E-state index is 12.9. The number of nitrogens with one attached hydrogen (secondary N) is 4. The summed E-state index contributed by atoms with van der Waals surface area (Å²) in [6.07, 6.45) is -0.963. The molecule has 1 aromatic rings. The molecule has 0 aliphatic rings. The van der Waals surface area contributed by atoms with E-state index in [2.05, 4.69) is 21.3 Å². The Morgan fingerprint density at radius 3 is 1.90 bits per heavy atom. The predicted molar refractivity (Wildman–Crippen MR) is 154 cm³/mol. The van der Waals surface area contributed by atoms with Gasteiger partial charge in [0.05, 0.1) is 25.3 Å². The molecule has 230 valence electrons. The molecule has 7 N–H and O–H groups in total. The van der Waals surface area contributed by atoms with Gasteiger partial charge in [-0.2, -0.15) is 0 Å². The molecule has 0 unspecified atom stereocenters. The number of hydrogen-bond acceptors (Lipinski definition) is 8. The van der Waals surface area contributed by atoms with Crippen molar-refractivity contribution in [2.45, 2.75) is 97.1 Å². The van der Waals surface area contributed by atoms with Crippen LogP contribution in [-0.4, -0.2) is 78.1 Å². The quantitative estimate of drug-likeness (QED) is 0.150.